The van der Waals surface area contributed by atoms with Gasteiger partial charge in [-0.25, -0.2) is 0 Å². The van der Waals surface area contributed by atoms with Gasteiger partial charge in [-0.15, -0.1) is 24.8 Å². The molecule has 46 heavy (non-hydrogen) atoms. The Bertz CT molecular complexity index is 1030. The molecule has 258 valence electrons. The van der Waals surface area contributed by atoms with Gasteiger partial charge in [0, 0.05) is 36.1 Å². The highest BCUT2D eigenvalue weighted by Crippen LogP contribution is 2.26. The smallest absolute Gasteiger partial charge is 0.167 e. The maximum absolute atomic E-state index is 14.0. The molecule has 8 heteroatoms. The molecule has 2 unspecified atom stereocenters. The molecule has 0 aliphatic carbocycles. The Morgan fingerprint density at radius 1 is 0.587 bits per heavy atom. The normalized spacial score (nSPS) is 16.8. The fraction of sp³-hybridized carbons (Fsp3) is 0.632. The summed E-state index contributed by atoms with van der Waals surface area (Å²) in [5, 5.41) is 0. The van der Waals surface area contributed by atoms with Crippen LogP contribution in [0.5, 0.6) is 11.5 Å². The van der Waals surface area contributed by atoms with Gasteiger partial charge in [0.25, 0.3) is 0 Å². The Morgan fingerprint density at radius 3 is 1.26 bits per heavy atom. The number of hydrogen-bond acceptors (Lipinski definition) is 6. The number of likely N-dealkylation sites (tertiary alicyclic amines) is 2. The van der Waals surface area contributed by atoms with Crippen molar-refractivity contribution in [1.29, 1.82) is 0 Å². The zero-order chi connectivity index (χ0) is 31.0. The van der Waals surface area contributed by atoms with E-state index >= 15 is 0 Å². The van der Waals surface area contributed by atoms with Crippen molar-refractivity contribution in [3.05, 3.63) is 59.7 Å². The van der Waals surface area contributed by atoms with Crippen LogP contribution < -0.4 is 9.47 Å². The number of ketones is 2. The van der Waals surface area contributed by atoms with E-state index < -0.39 is 0 Å². The standard InChI is InChI=1S/C38H56N2O4.2ClH/c1-3-5-27-43-35-19-15-31(16-20-35)37(41)33(29-39-23-9-7-10-24-39)13-14-34(30-40-25-11-8-12-26-40)38(42)32-17-21-36(22-18-32)44-28-6-4-2;;/h15-22,33-34H,3-14,23-30H2,1-2H3;2*1H. The average molecular weight is 678 g/mol. The highest BCUT2D eigenvalue weighted by Gasteiger charge is 2.29. The number of rotatable bonds is 19. The third kappa shape index (κ3) is 13.2. The number of hydrogen-bond donors (Lipinski definition) is 0. The summed E-state index contributed by atoms with van der Waals surface area (Å²) < 4.78 is 11.7. The minimum absolute atomic E-state index is 0. The minimum atomic E-state index is -0.133. The number of carbonyl (C=O) groups is 2. The Balaban J connectivity index is 0.00000368. The molecule has 2 aromatic rings. The Hall–Kier alpha value is -2.12. The summed E-state index contributed by atoms with van der Waals surface area (Å²) in [7, 11) is 0. The molecule has 0 saturated carbocycles. The first-order valence-corrected chi connectivity index (χ1v) is 17.6. The first-order valence-electron chi connectivity index (χ1n) is 17.6. The molecule has 4 rings (SSSR count). The molecule has 0 N–H and O–H groups in total. The van der Waals surface area contributed by atoms with Crippen molar-refractivity contribution in [2.75, 3.05) is 52.5 Å². The predicted octanol–water partition coefficient (Wildman–Crippen LogP) is 8.94. The van der Waals surface area contributed by atoms with Crippen molar-refractivity contribution in [3.63, 3.8) is 0 Å². The largest absolute Gasteiger partial charge is 0.494 e. The van der Waals surface area contributed by atoms with Crippen LogP contribution in [0.1, 0.15) is 112 Å². The van der Waals surface area contributed by atoms with E-state index in [1.165, 1.54) is 38.5 Å². The van der Waals surface area contributed by atoms with Crippen molar-refractivity contribution >= 4 is 36.4 Å². The summed E-state index contributed by atoms with van der Waals surface area (Å²) in [5.41, 5.74) is 1.49. The molecule has 6 nitrogen and oxygen atoms in total. The van der Waals surface area contributed by atoms with Crippen LogP contribution in [0.3, 0.4) is 0 Å². The van der Waals surface area contributed by atoms with E-state index in [1.54, 1.807) is 0 Å². The zero-order valence-corrected chi connectivity index (χ0v) is 29.9. The SMILES string of the molecule is CCCCOc1ccc(C(=O)C(CCC(CN2CCCCC2)C(=O)c2ccc(OCCCC)cc2)CN2CCCCC2)cc1.Cl.Cl. The Kier molecular flexibility index (Phi) is 19.5. The van der Waals surface area contributed by atoms with E-state index in [2.05, 4.69) is 23.6 Å². The second kappa shape index (κ2) is 22.4. The van der Waals surface area contributed by atoms with Crippen LogP contribution in [0.4, 0.5) is 0 Å². The van der Waals surface area contributed by atoms with Crippen LogP contribution in [0, 0.1) is 11.8 Å². The number of benzene rings is 2. The van der Waals surface area contributed by atoms with Gasteiger partial charge < -0.3 is 19.3 Å². The van der Waals surface area contributed by atoms with Crippen molar-refractivity contribution in [3.8, 4) is 11.5 Å². The molecule has 2 fully saturated rings. The van der Waals surface area contributed by atoms with E-state index in [-0.39, 0.29) is 48.2 Å². The number of piperidine rings is 2. The average Bonchev–Trinajstić information content (AvgIpc) is 3.07. The lowest BCUT2D eigenvalue weighted by molar-refractivity contribution is 0.0793. The third-order valence-corrected chi connectivity index (χ3v) is 9.27. The second-order valence-corrected chi connectivity index (χ2v) is 12.9. The van der Waals surface area contributed by atoms with E-state index in [0.29, 0.717) is 26.1 Å². The molecule has 2 atom stereocenters. The monoisotopic (exact) mass is 676 g/mol. The van der Waals surface area contributed by atoms with Crippen LogP contribution in [0.2, 0.25) is 0 Å². The van der Waals surface area contributed by atoms with Crippen LogP contribution in [-0.4, -0.2) is 73.8 Å². The predicted molar refractivity (Wildman–Crippen MR) is 194 cm³/mol. The second-order valence-electron chi connectivity index (χ2n) is 12.9. The summed E-state index contributed by atoms with van der Waals surface area (Å²) in [5.74, 6) is 1.74. The van der Waals surface area contributed by atoms with Gasteiger partial charge in [0.15, 0.2) is 11.6 Å². The van der Waals surface area contributed by atoms with Crippen molar-refractivity contribution in [2.45, 2.75) is 90.9 Å². The van der Waals surface area contributed by atoms with Crippen molar-refractivity contribution in [2.24, 2.45) is 11.8 Å². The number of ether oxygens (including phenoxy) is 2. The van der Waals surface area contributed by atoms with E-state index in [9.17, 15) is 9.59 Å². The lowest BCUT2D eigenvalue weighted by Crippen LogP contribution is -2.39. The summed E-state index contributed by atoms with van der Waals surface area (Å²) in [6.07, 6.45) is 13.0. The molecular weight excluding hydrogens is 619 g/mol. The third-order valence-electron chi connectivity index (χ3n) is 9.27. The first kappa shape index (κ1) is 40.1. The van der Waals surface area contributed by atoms with Crippen LogP contribution in [-0.2, 0) is 0 Å². The Labute approximate surface area is 290 Å². The zero-order valence-electron chi connectivity index (χ0n) is 28.3. The lowest BCUT2D eigenvalue weighted by Gasteiger charge is -2.32. The Morgan fingerprint density at radius 2 is 0.935 bits per heavy atom. The summed E-state index contributed by atoms with van der Waals surface area (Å²) in [4.78, 5) is 32.9. The van der Waals surface area contributed by atoms with Gasteiger partial charge in [-0.3, -0.25) is 9.59 Å². The van der Waals surface area contributed by atoms with Gasteiger partial charge in [0.2, 0.25) is 0 Å². The molecule has 0 radical (unpaired) electrons. The summed E-state index contributed by atoms with van der Waals surface area (Å²) in [6.45, 7) is 11.4. The molecule has 0 aromatic heterocycles. The van der Waals surface area contributed by atoms with Crippen LogP contribution in [0.15, 0.2) is 48.5 Å². The van der Waals surface area contributed by atoms with Gasteiger partial charge in [-0.05, 0) is 126 Å². The van der Waals surface area contributed by atoms with Gasteiger partial charge in [-0.1, -0.05) is 39.5 Å². The van der Waals surface area contributed by atoms with Crippen LogP contribution >= 0.6 is 24.8 Å². The quantitative estimate of drug-likeness (QED) is 0.109. The number of halogens is 2. The maximum atomic E-state index is 14.0. The van der Waals surface area contributed by atoms with E-state index in [0.717, 1.165) is 87.6 Å². The number of nitrogens with zero attached hydrogens (tertiary/aromatic N) is 2. The molecule has 2 saturated heterocycles. The van der Waals surface area contributed by atoms with Gasteiger partial charge in [-0.2, -0.15) is 0 Å². The van der Waals surface area contributed by atoms with Crippen molar-refractivity contribution in [1.82, 2.24) is 9.80 Å². The number of unbranched alkanes of at least 4 members (excludes halogenated alkanes) is 2. The van der Waals surface area contributed by atoms with Gasteiger partial charge >= 0.3 is 0 Å². The molecule has 0 spiro atoms. The summed E-state index contributed by atoms with van der Waals surface area (Å²) in [6, 6.07) is 15.4. The fourth-order valence-electron chi connectivity index (χ4n) is 6.49. The number of carbonyl (C=O) groups excluding carboxylic acids is 2. The molecule has 0 bridgehead atoms. The highest BCUT2D eigenvalue weighted by atomic mass is 35.5. The topological polar surface area (TPSA) is 59.1 Å². The highest BCUT2D eigenvalue weighted by molar-refractivity contribution is 5.99. The lowest BCUT2D eigenvalue weighted by atomic mass is 9.85. The van der Waals surface area contributed by atoms with Gasteiger partial charge in [0.1, 0.15) is 11.5 Å². The van der Waals surface area contributed by atoms with Gasteiger partial charge in [0.05, 0.1) is 13.2 Å². The molecular formula is C38H58Cl2N2O4. The van der Waals surface area contributed by atoms with Crippen LogP contribution in [0.25, 0.3) is 0 Å². The molecule has 2 aromatic carbocycles. The number of Topliss-reactive ketones (excluding diaryl/α,β-unsaturated/α-hetero) is 2. The molecule has 2 aliphatic rings. The summed E-state index contributed by atoms with van der Waals surface area (Å²) >= 11 is 0. The van der Waals surface area contributed by atoms with Crippen molar-refractivity contribution < 1.29 is 19.1 Å². The maximum Gasteiger partial charge on any atom is 0.167 e. The molecule has 2 heterocycles. The van der Waals surface area contributed by atoms with E-state index in [1.807, 2.05) is 48.5 Å². The molecule has 2 aliphatic heterocycles. The minimum Gasteiger partial charge on any atom is -0.494 e. The first-order chi connectivity index (χ1) is 21.6. The fourth-order valence-corrected chi connectivity index (χ4v) is 6.49. The molecule has 0 amide bonds. The van der Waals surface area contributed by atoms with E-state index in [4.69, 9.17) is 9.47 Å².